The first-order chi connectivity index (χ1) is 9.74. The van der Waals surface area contributed by atoms with Crippen molar-refractivity contribution in [2.24, 2.45) is 7.05 Å². The highest BCUT2D eigenvalue weighted by Gasteiger charge is 2.15. The van der Waals surface area contributed by atoms with Gasteiger partial charge < -0.3 is 14.8 Å². The van der Waals surface area contributed by atoms with Gasteiger partial charge in [-0.25, -0.2) is 4.98 Å². The lowest BCUT2D eigenvalue weighted by atomic mass is 10.1. The van der Waals surface area contributed by atoms with Crippen molar-refractivity contribution in [2.45, 2.75) is 12.8 Å². The predicted octanol–water partition coefficient (Wildman–Crippen LogP) is 0.938. The molecule has 0 radical (unpaired) electrons. The van der Waals surface area contributed by atoms with Crippen LogP contribution in [0.3, 0.4) is 0 Å². The number of aryl methyl sites for hydroxylation is 1. The van der Waals surface area contributed by atoms with Crippen LogP contribution in [-0.4, -0.2) is 46.5 Å². The first kappa shape index (κ1) is 13.1. The summed E-state index contributed by atoms with van der Waals surface area (Å²) in [4.78, 5) is 18.6. The van der Waals surface area contributed by atoms with Crippen LogP contribution < -0.4 is 5.32 Å². The molecule has 1 fully saturated rings. The van der Waals surface area contributed by atoms with Gasteiger partial charge in [0, 0.05) is 26.7 Å². The molecule has 0 aliphatic carbocycles. The molecule has 1 N–H and O–H groups in total. The summed E-state index contributed by atoms with van der Waals surface area (Å²) < 4.78 is 1.99. The Morgan fingerprint density at radius 1 is 1.35 bits per heavy atom. The number of nitrogens with zero attached hydrogens (tertiary/aromatic N) is 3. The van der Waals surface area contributed by atoms with Crippen LogP contribution in [0, 0.1) is 0 Å². The Labute approximate surface area is 118 Å². The molecule has 1 aromatic carbocycles. The second-order valence-corrected chi connectivity index (χ2v) is 5.34. The summed E-state index contributed by atoms with van der Waals surface area (Å²) in [6.45, 7) is 3.57. The molecule has 1 aliphatic heterocycles. The molecule has 1 amide bonds. The maximum absolute atomic E-state index is 12.3. The lowest BCUT2D eigenvalue weighted by Gasteiger charge is -2.19. The van der Waals surface area contributed by atoms with E-state index in [1.165, 1.54) is 0 Å². The van der Waals surface area contributed by atoms with Crippen LogP contribution in [-0.2, 0) is 18.3 Å². The van der Waals surface area contributed by atoms with Crippen molar-refractivity contribution >= 4 is 16.9 Å². The van der Waals surface area contributed by atoms with E-state index in [2.05, 4.69) is 10.3 Å². The molecule has 0 spiro atoms. The largest absolute Gasteiger partial charge is 0.341 e. The number of fused-ring (bicyclic) bond motifs is 1. The highest BCUT2D eigenvalue weighted by Crippen LogP contribution is 2.15. The average molecular weight is 272 g/mol. The Balaban J connectivity index is 1.73. The van der Waals surface area contributed by atoms with E-state index in [-0.39, 0.29) is 5.91 Å². The fourth-order valence-electron chi connectivity index (χ4n) is 2.67. The Kier molecular flexibility index (Phi) is 3.69. The summed E-state index contributed by atoms with van der Waals surface area (Å²) >= 11 is 0. The number of rotatable bonds is 2. The van der Waals surface area contributed by atoms with Gasteiger partial charge in [0.25, 0.3) is 0 Å². The van der Waals surface area contributed by atoms with Crippen LogP contribution in [0.2, 0.25) is 0 Å². The molecule has 0 bridgehead atoms. The summed E-state index contributed by atoms with van der Waals surface area (Å²) in [7, 11) is 1.98. The lowest BCUT2D eigenvalue weighted by Crippen LogP contribution is -2.35. The topological polar surface area (TPSA) is 50.2 Å². The van der Waals surface area contributed by atoms with Crippen molar-refractivity contribution in [1.82, 2.24) is 19.8 Å². The number of benzene rings is 1. The van der Waals surface area contributed by atoms with Gasteiger partial charge in [-0.2, -0.15) is 0 Å². The zero-order valence-electron chi connectivity index (χ0n) is 11.8. The average Bonchev–Trinajstić information content (AvgIpc) is 2.68. The summed E-state index contributed by atoms with van der Waals surface area (Å²) in [5.74, 6) is 0.212. The fraction of sp³-hybridized carbons (Fsp3) is 0.467. The maximum Gasteiger partial charge on any atom is 0.227 e. The van der Waals surface area contributed by atoms with Gasteiger partial charge in [0.2, 0.25) is 5.91 Å². The molecule has 20 heavy (non-hydrogen) atoms. The molecule has 3 rings (SSSR count). The van der Waals surface area contributed by atoms with Crippen molar-refractivity contribution in [3.05, 3.63) is 30.1 Å². The molecule has 1 saturated heterocycles. The summed E-state index contributed by atoms with van der Waals surface area (Å²) in [6.07, 6.45) is 3.30. The van der Waals surface area contributed by atoms with E-state index in [1.807, 2.05) is 34.7 Å². The zero-order chi connectivity index (χ0) is 13.9. The van der Waals surface area contributed by atoms with Crippen molar-refractivity contribution in [2.75, 3.05) is 26.2 Å². The molecule has 0 saturated carbocycles. The van der Waals surface area contributed by atoms with Crippen LogP contribution in [0.5, 0.6) is 0 Å². The van der Waals surface area contributed by atoms with E-state index in [9.17, 15) is 4.79 Å². The SMILES string of the molecule is Cn1cnc2cc(CC(=O)N3CCCNCC3)ccc21. The molecular weight excluding hydrogens is 252 g/mol. The number of amides is 1. The molecule has 2 aromatic rings. The first-order valence-electron chi connectivity index (χ1n) is 7.12. The minimum atomic E-state index is 0.212. The maximum atomic E-state index is 12.3. The lowest BCUT2D eigenvalue weighted by molar-refractivity contribution is -0.130. The summed E-state index contributed by atoms with van der Waals surface area (Å²) in [5, 5.41) is 3.32. The Hall–Kier alpha value is -1.88. The van der Waals surface area contributed by atoms with Gasteiger partial charge in [0.15, 0.2) is 0 Å². The van der Waals surface area contributed by atoms with Gasteiger partial charge in [-0.3, -0.25) is 4.79 Å². The zero-order valence-corrected chi connectivity index (χ0v) is 11.8. The number of carbonyl (C=O) groups is 1. The fourth-order valence-corrected chi connectivity index (χ4v) is 2.67. The van der Waals surface area contributed by atoms with Crippen molar-refractivity contribution < 1.29 is 4.79 Å². The van der Waals surface area contributed by atoms with E-state index in [1.54, 1.807) is 6.33 Å². The van der Waals surface area contributed by atoms with Crippen LogP contribution in [0.15, 0.2) is 24.5 Å². The molecule has 0 atom stereocenters. The Bertz CT molecular complexity index is 611. The highest BCUT2D eigenvalue weighted by molar-refractivity contribution is 5.82. The number of imidazole rings is 1. The van der Waals surface area contributed by atoms with Gasteiger partial charge in [0.1, 0.15) is 0 Å². The Morgan fingerprint density at radius 2 is 2.25 bits per heavy atom. The minimum Gasteiger partial charge on any atom is -0.341 e. The number of aromatic nitrogens is 2. The monoisotopic (exact) mass is 272 g/mol. The van der Waals surface area contributed by atoms with E-state index >= 15 is 0 Å². The molecule has 106 valence electrons. The van der Waals surface area contributed by atoms with Crippen molar-refractivity contribution in [1.29, 1.82) is 0 Å². The number of carbonyl (C=O) groups excluding carboxylic acids is 1. The third kappa shape index (κ3) is 2.67. The predicted molar refractivity (Wildman–Crippen MR) is 78.5 cm³/mol. The molecule has 5 heteroatoms. The molecule has 0 unspecified atom stereocenters. The van der Waals surface area contributed by atoms with E-state index in [0.29, 0.717) is 6.42 Å². The molecule has 1 aliphatic rings. The number of hydrogen-bond donors (Lipinski definition) is 1. The smallest absolute Gasteiger partial charge is 0.227 e. The Morgan fingerprint density at radius 3 is 3.15 bits per heavy atom. The van der Waals surface area contributed by atoms with Crippen LogP contribution in [0.25, 0.3) is 11.0 Å². The van der Waals surface area contributed by atoms with E-state index < -0.39 is 0 Å². The number of hydrogen-bond acceptors (Lipinski definition) is 3. The van der Waals surface area contributed by atoms with Gasteiger partial charge in [-0.15, -0.1) is 0 Å². The standard InChI is InChI=1S/C15H20N4O/c1-18-11-17-13-9-12(3-4-14(13)18)10-15(20)19-7-2-5-16-6-8-19/h3-4,9,11,16H,2,5-8,10H2,1H3. The van der Waals surface area contributed by atoms with Gasteiger partial charge >= 0.3 is 0 Å². The summed E-state index contributed by atoms with van der Waals surface area (Å²) in [5.41, 5.74) is 3.09. The van der Waals surface area contributed by atoms with E-state index in [0.717, 1.165) is 49.2 Å². The number of nitrogens with one attached hydrogen (secondary N) is 1. The van der Waals surface area contributed by atoms with E-state index in [4.69, 9.17) is 0 Å². The van der Waals surface area contributed by atoms with Crippen molar-refractivity contribution in [3.8, 4) is 0 Å². The van der Waals surface area contributed by atoms with Gasteiger partial charge in [0.05, 0.1) is 23.8 Å². The van der Waals surface area contributed by atoms with Crippen LogP contribution in [0.1, 0.15) is 12.0 Å². The molecular formula is C15H20N4O. The highest BCUT2D eigenvalue weighted by atomic mass is 16.2. The van der Waals surface area contributed by atoms with Gasteiger partial charge in [-0.1, -0.05) is 6.07 Å². The molecule has 1 aromatic heterocycles. The van der Waals surface area contributed by atoms with Gasteiger partial charge in [-0.05, 0) is 30.7 Å². The first-order valence-corrected chi connectivity index (χ1v) is 7.12. The second kappa shape index (κ2) is 5.63. The third-order valence-corrected chi connectivity index (χ3v) is 3.84. The second-order valence-electron chi connectivity index (χ2n) is 5.34. The van der Waals surface area contributed by atoms with Crippen LogP contribution in [0.4, 0.5) is 0 Å². The normalized spacial score (nSPS) is 16.4. The quantitative estimate of drug-likeness (QED) is 0.885. The van der Waals surface area contributed by atoms with Crippen molar-refractivity contribution in [3.63, 3.8) is 0 Å². The third-order valence-electron chi connectivity index (χ3n) is 3.84. The van der Waals surface area contributed by atoms with Crippen LogP contribution >= 0.6 is 0 Å². The summed E-state index contributed by atoms with van der Waals surface area (Å²) in [6, 6.07) is 6.08. The molecule has 5 nitrogen and oxygen atoms in total. The molecule has 2 heterocycles. The minimum absolute atomic E-state index is 0.212.